The van der Waals surface area contributed by atoms with Gasteiger partial charge >= 0.3 is 0 Å². The maximum Gasteiger partial charge on any atom is 0.264 e. The summed E-state index contributed by atoms with van der Waals surface area (Å²) in [5.74, 6) is 0.206. The number of hydrogen-bond donors (Lipinski definition) is 2. The minimum absolute atomic E-state index is 0.0288. The molecular weight excluding hydrogens is 583 g/mol. The van der Waals surface area contributed by atoms with Gasteiger partial charge in [0.2, 0.25) is 0 Å². The maximum absolute atomic E-state index is 13.0. The van der Waals surface area contributed by atoms with Gasteiger partial charge in [0.25, 0.3) is 26.0 Å². The summed E-state index contributed by atoms with van der Waals surface area (Å²) in [6.07, 6.45) is 1.91. The van der Waals surface area contributed by atoms with Crippen LogP contribution in [0.1, 0.15) is 17.3 Å². The second-order valence-electron chi connectivity index (χ2n) is 8.74. The van der Waals surface area contributed by atoms with Gasteiger partial charge in [0, 0.05) is 28.9 Å². The van der Waals surface area contributed by atoms with E-state index in [0.29, 0.717) is 35.0 Å². The summed E-state index contributed by atoms with van der Waals surface area (Å²) < 4.78 is 60.6. The minimum atomic E-state index is -3.84. The van der Waals surface area contributed by atoms with Crippen molar-refractivity contribution < 1.29 is 26.4 Å². The Bertz CT molecular complexity index is 1710. The highest BCUT2D eigenvalue weighted by atomic mass is 32.2. The molecule has 9 nitrogen and oxygen atoms in total. The molecule has 4 aromatic rings. The number of rotatable bonds is 11. The molecule has 12 heteroatoms. The van der Waals surface area contributed by atoms with Gasteiger partial charge in [-0.25, -0.2) is 16.8 Å². The van der Waals surface area contributed by atoms with E-state index in [-0.39, 0.29) is 9.79 Å². The first kappa shape index (κ1) is 30.0. The normalized spacial score (nSPS) is 11.5. The summed E-state index contributed by atoms with van der Waals surface area (Å²) in [5, 5.41) is 2.72. The van der Waals surface area contributed by atoms with E-state index in [2.05, 4.69) is 10.0 Å². The van der Waals surface area contributed by atoms with E-state index in [1.54, 1.807) is 60.7 Å². The van der Waals surface area contributed by atoms with E-state index < -0.39 is 26.0 Å². The van der Waals surface area contributed by atoms with Crippen molar-refractivity contribution in [1.82, 2.24) is 0 Å². The summed E-state index contributed by atoms with van der Waals surface area (Å²) in [5.41, 5.74) is 1.48. The van der Waals surface area contributed by atoms with Crippen LogP contribution in [0, 0.1) is 0 Å². The van der Waals surface area contributed by atoms with Crippen molar-refractivity contribution in [2.24, 2.45) is 0 Å². The smallest absolute Gasteiger partial charge is 0.264 e. The van der Waals surface area contributed by atoms with E-state index in [0.717, 1.165) is 9.20 Å². The Hall–Kier alpha value is -4.00. The van der Waals surface area contributed by atoms with Gasteiger partial charge in [0.15, 0.2) is 0 Å². The Balaban J connectivity index is 1.40. The second kappa shape index (κ2) is 12.7. The predicted molar refractivity (Wildman–Crippen MR) is 163 cm³/mol. The average molecular weight is 612 g/mol. The van der Waals surface area contributed by atoms with Gasteiger partial charge < -0.3 is 10.1 Å². The summed E-state index contributed by atoms with van der Waals surface area (Å²) >= 11 is 1.52. The molecule has 0 aromatic heterocycles. The van der Waals surface area contributed by atoms with Crippen LogP contribution in [0.25, 0.3) is 0 Å². The molecule has 0 heterocycles. The highest BCUT2D eigenvalue weighted by molar-refractivity contribution is 7.98. The van der Waals surface area contributed by atoms with Crippen LogP contribution < -0.4 is 19.1 Å². The molecule has 0 fully saturated rings. The standard InChI is InChI=1S/C29H29N3O6S3/c1-4-38-25-13-7-23(8-14-25)31-40(34,35)27-17-9-22(10-18-27)30-29(33)21-5-11-24(12-6-21)32(2)41(36,37)28-19-15-26(39-3)16-20-28/h5-20,31H,4H2,1-3H3,(H,30,33). The number of sulfonamides is 2. The Morgan fingerprint density at radius 1 is 0.780 bits per heavy atom. The molecule has 41 heavy (non-hydrogen) atoms. The molecule has 0 aliphatic carbocycles. The van der Waals surface area contributed by atoms with E-state index >= 15 is 0 Å². The van der Waals surface area contributed by atoms with Crippen molar-refractivity contribution in [1.29, 1.82) is 0 Å². The molecule has 1 amide bonds. The first-order valence-electron chi connectivity index (χ1n) is 12.4. The van der Waals surface area contributed by atoms with Gasteiger partial charge in [-0.1, -0.05) is 0 Å². The van der Waals surface area contributed by atoms with Crippen molar-refractivity contribution in [3.63, 3.8) is 0 Å². The summed E-state index contributed by atoms with van der Waals surface area (Å²) in [6.45, 7) is 2.37. The van der Waals surface area contributed by atoms with Crippen molar-refractivity contribution in [2.75, 3.05) is 34.3 Å². The van der Waals surface area contributed by atoms with E-state index in [1.165, 1.54) is 55.2 Å². The lowest BCUT2D eigenvalue weighted by Gasteiger charge is -2.20. The van der Waals surface area contributed by atoms with Crippen LogP contribution in [-0.2, 0) is 20.0 Å². The lowest BCUT2D eigenvalue weighted by Crippen LogP contribution is -2.26. The quantitative estimate of drug-likeness (QED) is 0.209. The zero-order valence-electron chi connectivity index (χ0n) is 22.6. The van der Waals surface area contributed by atoms with Gasteiger partial charge in [-0.2, -0.15) is 0 Å². The van der Waals surface area contributed by atoms with E-state index in [4.69, 9.17) is 4.74 Å². The van der Waals surface area contributed by atoms with Crippen LogP contribution in [0.3, 0.4) is 0 Å². The van der Waals surface area contributed by atoms with Gasteiger partial charge in [0.1, 0.15) is 5.75 Å². The number of hydrogen-bond acceptors (Lipinski definition) is 7. The van der Waals surface area contributed by atoms with Gasteiger partial charge in [0.05, 0.1) is 22.1 Å². The van der Waals surface area contributed by atoms with Gasteiger partial charge in [-0.15, -0.1) is 11.8 Å². The first-order valence-corrected chi connectivity index (χ1v) is 16.6. The zero-order chi connectivity index (χ0) is 29.6. The molecule has 4 rings (SSSR count). The number of benzene rings is 4. The number of thioether (sulfide) groups is 1. The summed E-state index contributed by atoms with van der Waals surface area (Å²) in [6, 6.07) is 25.1. The van der Waals surface area contributed by atoms with Crippen molar-refractivity contribution in [2.45, 2.75) is 21.6 Å². The highest BCUT2D eigenvalue weighted by Gasteiger charge is 2.22. The predicted octanol–water partition coefficient (Wildman–Crippen LogP) is 5.69. The van der Waals surface area contributed by atoms with Crippen LogP contribution >= 0.6 is 11.8 Å². The lowest BCUT2D eigenvalue weighted by atomic mass is 10.2. The summed E-state index contributed by atoms with van der Waals surface area (Å²) in [7, 11) is -6.17. The van der Waals surface area contributed by atoms with Crippen LogP contribution in [-0.4, -0.2) is 42.7 Å². The maximum atomic E-state index is 13.0. The molecule has 0 unspecified atom stereocenters. The molecule has 0 saturated carbocycles. The van der Waals surface area contributed by atoms with Crippen molar-refractivity contribution >= 4 is 54.8 Å². The third-order valence-corrected chi connectivity index (χ3v) is 9.99. The lowest BCUT2D eigenvalue weighted by molar-refractivity contribution is 0.102. The number of anilines is 3. The van der Waals surface area contributed by atoms with Crippen LogP contribution in [0.5, 0.6) is 5.75 Å². The molecule has 0 aliphatic rings. The van der Waals surface area contributed by atoms with Crippen LogP contribution in [0.2, 0.25) is 0 Å². The second-order valence-corrected chi connectivity index (χ2v) is 13.3. The number of amides is 1. The molecule has 0 spiro atoms. The number of nitrogens with zero attached hydrogens (tertiary/aromatic N) is 1. The molecule has 2 N–H and O–H groups in total. The third-order valence-electron chi connectivity index (χ3n) is 6.05. The van der Waals surface area contributed by atoms with Gasteiger partial charge in [-0.05, 0) is 110 Å². The number of carbonyl (C=O) groups is 1. The van der Waals surface area contributed by atoms with Gasteiger partial charge in [-0.3, -0.25) is 13.8 Å². The first-order chi connectivity index (χ1) is 19.5. The number of nitrogens with one attached hydrogen (secondary N) is 2. The molecule has 0 aliphatic heterocycles. The SMILES string of the molecule is CCOc1ccc(NS(=O)(=O)c2ccc(NC(=O)c3ccc(N(C)S(=O)(=O)c4ccc(SC)cc4)cc3)cc2)cc1. The average Bonchev–Trinajstić information content (AvgIpc) is 2.98. The van der Waals surface area contributed by atoms with Crippen LogP contribution in [0.15, 0.2) is 112 Å². The molecular formula is C29H29N3O6S3. The number of ether oxygens (including phenoxy) is 1. The molecule has 0 radical (unpaired) electrons. The van der Waals surface area contributed by atoms with Crippen molar-refractivity contribution in [3.05, 3.63) is 103 Å². The topological polar surface area (TPSA) is 122 Å². The number of carbonyl (C=O) groups excluding carboxylic acids is 1. The van der Waals surface area contributed by atoms with E-state index in [1.807, 2.05) is 13.2 Å². The third kappa shape index (κ3) is 7.20. The largest absolute Gasteiger partial charge is 0.494 e. The summed E-state index contributed by atoms with van der Waals surface area (Å²) in [4.78, 5) is 13.9. The minimum Gasteiger partial charge on any atom is -0.494 e. The molecule has 214 valence electrons. The fourth-order valence-corrected chi connectivity index (χ4v) is 6.45. The Labute approximate surface area is 244 Å². The highest BCUT2D eigenvalue weighted by Crippen LogP contribution is 2.25. The molecule has 0 atom stereocenters. The van der Waals surface area contributed by atoms with E-state index in [9.17, 15) is 21.6 Å². The van der Waals surface area contributed by atoms with Crippen LogP contribution in [0.4, 0.5) is 17.1 Å². The Morgan fingerprint density at radius 3 is 1.90 bits per heavy atom. The fraction of sp³-hybridized carbons (Fsp3) is 0.138. The Morgan fingerprint density at radius 2 is 1.34 bits per heavy atom. The fourth-order valence-electron chi connectivity index (χ4n) is 3.79. The zero-order valence-corrected chi connectivity index (χ0v) is 25.0. The monoisotopic (exact) mass is 611 g/mol. The molecule has 4 aromatic carbocycles. The molecule has 0 bridgehead atoms. The molecule has 0 saturated heterocycles. The van der Waals surface area contributed by atoms with Crippen molar-refractivity contribution in [3.8, 4) is 5.75 Å². The Kier molecular flexibility index (Phi) is 9.26.